The Balaban J connectivity index is 1.83. The quantitative estimate of drug-likeness (QED) is 0.752. The highest BCUT2D eigenvalue weighted by Crippen LogP contribution is 2.35. The summed E-state index contributed by atoms with van der Waals surface area (Å²) < 4.78 is 57.6. The zero-order chi connectivity index (χ0) is 21.2. The largest absolute Gasteiger partial charge is 0.452 e. The highest BCUT2D eigenvalue weighted by molar-refractivity contribution is 6.02. The second kappa shape index (κ2) is 7.70. The van der Waals surface area contributed by atoms with Gasteiger partial charge in [-0.3, -0.25) is 4.79 Å². The minimum absolute atomic E-state index is 0.0397. The number of amidine groups is 1. The van der Waals surface area contributed by atoms with Crippen LogP contribution in [0.4, 0.5) is 23.4 Å². The maximum absolute atomic E-state index is 14.2. The molecule has 12 heteroatoms. The standard InChI is InChI=1S/C17H12F4N6O2/c18-9-2-4-13(27-15(28)10-3-1-8(6-22)7-24-10)26-14(9)11-5-12(17(19,20)21)29-16(23)25-11/h1-4,7,11-12H,5H2,(H2,23,25)(H,26,27,28)/t11-,12-/m0/s1. The third-order valence-electron chi connectivity index (χ3n) is 3.90. The Kier molecular flexibility index (Phi) is 5.31. The maximum atomic E-state index is 14.2. The van der Waals surface area contributed by atoms with Crippen LogP contribution in [0.5, 0.6) is 0 Å². The van der Waals surface area contributed by atoms with Crippen LogP contribution in [0.1, 0.15) is 34.2 Å². The lowest BCUT2D eigenvalue weighted by molar-refractivity contribution is -0.204. The number of ether oxygens (including phenoxy) is 1. The first-order valence-corrected chi connectivity index (χ1v) is 8.08. The molecule has 0 saturated heterocycles. The molecule has 0 spiro atoms. The first kappa shape index (κ1) is 20.0. The summed E-state index contributed by atoms with van der Waals surface area (Å²) in [7, 11) is 0. The minimum Gasteiger partial charge on any atom is -0.452 e. The number of nitrogens with zero attached hydrogens (tertiary/aromatic N) is 4. The molecule has 1 amide bonds. The summed E-state index contributed by atoms with van der Waals surface area (Å²) in [5.41, 5.74) is 5.08. The average molecular weight is 408 g/mol. The van der Waals surface area contributed by atoms with E-state index in [0.717, 1.165) is 12.1 Å². The Bertz CT molecular complexity index is 1000. The predicted molar refractivity (Wildman–Crippen MR) is 91.0 cm³/mol. The van der Waals surface area contributed by atoms with Crippen molar-refractivity contribution in [2.24, 2.45) is 10.7 Å². The minimum atomic E-state index is -4.72. The van der Waals surface area contributed by atoms with Crippen LogP contribution in [0.25, 0.3) is 0 Å². The van der Waals surface area contributed by atoms with Gasteiger partial charge in [0.05, 0.1) is 5.56 Å². The summed E-state index contributed by atoms with van der Waals surface area (Å²) in [6, 6.07) is 4.52. The zero-order valence-corrected chi connectivity index (χ0v) is 14.4. The number of anilines is 1. The number of alkyl halides is 3. The summed E-state index contributed by atoms with van der Waals surface area (Å²) in [5.74, 6) is -1.74. The average Bonchev–Trinajstić information content (AvgIpc) is 2.68. The van der Waals surface area contributed by atoms with Crippen molar-refractivity contribution in [3.05, 3.63) is 53.2 Å². The van der Waals surface area contributed by atoms with Crippen molar-refractivity contribution in [3.63, 3.8) is 0 Å². The lowest BCUT2D eigenvalue weighted by atomic mass is 10.0. The second-order valence-corrected chi connectivity index (χ2v) is 5.93. The van der Waals surface area contributed by atoms with Crippen LogP contribution in [-0.2, 0) is 4.74 Å². The fourth-order valence-corrected chi connectivity index (χ4v) is 2.54. The zero-order valence-electron chi connectivity index (χ0n) is 14.4. The lowest BCUT2D eigenvalue weighted by Gasteiger charge is -2.28. The van der Waals surface area contributed by atoms with Gasteiger partial charge in [0.25, 0.3) is 11.9 Å². The van der Waals surface area contributed by atoms with Crippen molar-refractivity contribution in [3.8, 4) is 6.07 Å². The maximum Gasteiger partial charge on any atom is 0.425 e. The molecule has 1 aliphatic heterocycles. The molecule has 1 aliphatic rings. The van der Waals surface area contributed by atoms with E-state index in [-0.39, 0.29) is 17.1 Å². The fraction of sp³-hybridized carbons (Fsp3) is 0.235. The molecular formula is C17H12F4N6O2. The number of amides is 1. The summed E-state index contributed by atoms with van der Waals surface area (Å²) in [4.78, 5) is 23.6. The number of aliphatic imine (C=N–C) groups is 1. The van der Waals surface area contributed by atoms with Gasteiger partial charge in [-0.05, 0) is 24.3 Å². The number of aromatic nitrogens is 2. The topological polar surface area (TPSA) is 126 Å². The highest BCUT2D eigenvalue weighted by Gasteiger charge is 2.46. The van der Waals surface area contributed by atoms with Gasteiger partial charge in [-0.25, -0.2) is 19.4 Å². The number of hydrogen-bond donors (Lipinski definition) is 2. The number of carbonyl (C=O) groups is 1. The van der Waals surface area contributed by atoms with Gasteiger partial charge in [-0.1, -0.05) is 0 Å². The van der Waals surface area contributed by atoms with Crippen LogP contribution in [0, 0.1) is 17.1 Å². The highest BCUT2D eigenvalue weighted by atomic mass is 19.4. The molecule has 29 heavy (non-hydrogen) atoms. The van der Waals surface area contributed by atoms with Gasteiger partial charge < -0.3 is 15.8 Å². The van der Waals surface area contributed by atoms with Crippen LogP contribution < -0.4 is 11.1 Å². The molecule has 3 rings (SSSR count). The van der Waals surface area contributed by atoms with Crippen molar-refractivity contribution in [1.82, 2.24) is 9.97 Å². The molecule has 3 heterocycles. The first-order valence-electron chi connectivity index (χ1n) is 8.08. The molecule has 3 N–H and O–H groups in total. The smallest absolute Gasteiger partial charge is 0.425 e. The van der Waals surface area contributed by atoms with Crippen LogP contribution in [0.15, 0.2) is 35.5 Å². The summed E-state index contributed by atoms with van der Waals surface area (Å²) in [6.07, 6.45) is -6.51. The molecule has 150 valence electrons. The summed E-state index contributed by atoms with van der Waals surface area (Å²) in [5, 5.41) is 11.1. The molecule has 0 bridgehead atoms. The van der Waals surface area contributed by atoms with Crippen LogP contribution in [-0.4, -0.2) is 34.2 Å². The summed E-state index contributed by atoms with van der Waals surface area (Å²) in [6.45, 7) is 0. The van der Waals surface area contributed by atoms with E-state index in [1.165, 1.54) is 18.3 Å². The normalized spacial score (nSPS) is 18.9. The van der Waals surface area contributed by atoms with E-state index in [9.17, 15) is 22.4 Å². The van der Waals surface area contributed by atoms with Gasteiger partial charge in [-0.15, -0.1) is 0 Å². The number of carbonyl (C=O) groups excluding carboxylic acids is 1. The third kappa shape index (κ3) is 4.57. The fourth-order valence-electron chi connectivity index (χ4n) is 2.54. The molecule has 2 atom stereocenters. The number of nitriles is 1. The van der Waals surface area contributed by atoms with Gasteiger partial charge in [0.15, 0.2) is 6.10 Å². The molecule has 0 unspecified atom stereocenters. The number of rotatable bonds is 3. The summed E-state index contributed by atoms with van der Waals surface area (Å²) >= 11 is 0. The van der Waals surface area contributed by atoms with E-state index < -0.39 is 48.2 Å². The Morgan fingerprint density at radius 3 is 2.69 bits per heavy atom. The van der Waals surface area contributed by atoms with Crippen molar-refractivity contribution in [2.45, 2.75) is 24.7 Å². The van der Waals surface area contributed by atoms with Gasteiger partial charge in [0, 0.05) is 12.6 Å². The number of nitrogens with one attached hydrogen (secondary N) is 1. The van der Waals surface area contributed by atoms with E-state index >= 15 is 0 Å². The van der Waals surface area contributed by atoms with Gasteiger partial charge in [0.2, 0.25) is 0 Å². The number of nitrogens with two attached hydrogens (primary N) is 1. The second-order valence-electron chi connectivity index (χ2n) is 5.93. The van der Waals surface area contributed by atoms with Crippen molar-refractivity contribution in [2.75, 3.05) is 5.32 Å². The van der Waals surface area contributed by atoms with E-state index in [1.807, 2.05) is 6.07 Å². The Hall–Kier alpha value is -3.75. The van der Waals surface area contributed by atoms with Gasteiger partial charge in [-0.2, -0.15) is 18.4 Å². The monoisotopic (exact) mass is 408 g/mol. The van der Waals surface area contributed by atoms with Gasteiger partial charge in [0.1, 0.15) is 35.1 Å². The van der Waals surface area contributed by atoms with Crippen LogP contribution in [0.3, 0.4) is 0 Å². The molecule has 2 aromatic heterocycles. The van der Waals surface area contributed by atoms with Crippen LogP contribution >= 0.6 is 0 Å². The van der Waals surface area contributed by atoms with E-state index in [2.05, 4.69) is 25.0 Å². The number of pyridine rings is 2. The Morgan fingerprint density at radius 1 is 1.31 bits per heavy atom. The molecule has 0 fully saturated rings. The molecule has 0 aromatic carbocycles. The first-order chi connectivity index (χ1) is 13.7. The Labute approximate surface area is 161 Å². The van der Waals surface area contributed by atoms with E-state index in [4.69, 9.17) is 11.0 Å². The molecule has 0 radical (unpaired) electrons. The van der Waals surface area contributed by atoms with Crippen molar-refractivity contribution < 1.29 is 27.1 Å². The van der Waals surface area contributed by atoms with E-state index in [0.29, 0.717) is 0 Å². The van der Waals surface area contributed by atoms with Crippen molar-refractivity contribution >= 4 is 17.7 Å². The van der Waals surface area contributed by atoms with E-state index in [1.54, 1.807) is 0 Å². The Morgan fingerprint density at radius 2 is 2.07 bits per heavy atom. The molecule has 0 saturated carbocycles. The lowest BCUT2D eigenvalue weighted by Crippen LogP contribution is -2.40. The molecule has 0 aliphatic carbocycles. The number of hydrogen-bond acceptors (Lipinski definition) is 7. The number of halogens is 4. The SMILES string of the molecule is N#Cc1ccc(C(=O)Nc2ccc(F)c([C@@H]3C[C@@H](C(F)(F)F)OC(N)=N3)n2)nc1. The molecule has 2 aromatic rings. The predicted octanol–water partition coefficient (Wildman–Crippen LogP) is 2.45. The van der Waals surface area contributed by atoms with Crippen LogP contribution in [0.2, 0.25) is 0 Å². The molecular weight excluding hydrogens is 396 g/mol. The van der Waals surface area contributed by atoms with Crippen molar-refractivity contribution in [1.29, 1.82) is 5.26 Å². The van der Waals surface area contributed by atoms with Gasteiger partial charge >= 0.3 is 6.18 Å². The third-order valence-corrected chi connectivity index (χ3v) is 3.90. The molecule has 8 nitrogen and oxygen atoms in total.